The molecule has 0 aromatic heterocycles. The lowest BCUT2D eigenvalue weighted by Gasteiger charge is -2.10. The second-order valence-corrected chi connectivity index (χ2v) is 2.82. The van der Waals surface area contributed by atoms with E-state index >= 15 is 0 Å². The highest BCUT2D eigenvalue weighted by atomic mass is 16.2. The van der Waals surface area contributed by atoms with Crippen molar-refractivity contribution in [2.24, 2.45) is 0 Å². The lowest BCUT2D eigenvalue weighted by molar-refractivity contribution is -0.128. The summed E-state index contributed by atoms with van der Waals surface area (Å²) in [6, 6.07) is -0.142. The summed E-state index contributed by atoms with van der Waals surface area (Å²) >= 11 is 0. The van der Waals surface area contributed by atoms with E-state index in [1.807, 2.05) is 0 Å². The Balaban J connectivity index is 2.23. The maximum absolute atomic E-state index is 11.2. The van der Waals surface area contributed by atoms with Crippen LogP contribution < -0.4 is 16.2 Å². The predicted octanol–water partition coefficient (Wildman–Crippen LogP) is -1.09. The predicted molar refractivity (Wildman–Crippen MR) is 43.0 cm³/mol. The first kappa shape index (κ1) is 8.99. The van der Waals surface area contributed by atoms with Gasteiger partial charge in [-0.3, -0.25) is 20.4 Å². The summed E-state index contributed by atoms with van der Waals surface area (Å²) in [6.07, 6.45) is 1.85. The summed E-state index contributed by atoms with van der Waals surface area (Å²) < 4.78 is 0. The molecule has 1 unspecified atom stereocenters. The van der Waals surface area contributed by atoms with Gasteiger partial charge in [-0.15, -0.1) is 0 Å². The maximum atomic E-state index is 11.2. The van der Waals surface area contributed by atoms with E-state index in [0.29, 0.717) is 0 Å². The van der Waals surface area contributed by atoms with Crippen LogP contribution in [-0.2, 0) is 9.59 Å². The van der Waals surface area contributed by atoms with Crippen molar-refractivity contribution in [3.05, 3.63) is 0 Å². The van der Waals surface area contributed by atoms with E-state index in [0.717, 1.165) is 19.4 Å². The molecule has 0 aromatic carbocycles. The molecule has 0 aromatic rings. The van der Waals surface area contributed by atoms with Crippen molar-refractivity contribution in [1.29, 1.82) is 0 Å². The van der Waals surface area contributed by atoms with Crippen molar-refractivity contribution in [1.82, 2.24) is 16.2 Å². The van der Waals surface area contributed by atoms with Crippen molar-refractivity contribution >= 4 is 11.8 Å². The molecule has 1 saturated heterocycles. The molecule has 0 aliphatic carbocycles. The van der Waals surface area contributed by atoms with Gasteiger partial charge in [-0.1, -0.05) is 0 Å². The Kier molecular flexibility index (Phi) is 3.04. The van der Waals surface area contributed by atoms with Gasteiger partial charge in [0.15, 0.2) is 0 Å². The van der Waals surface area contributed by atoms with E-state index in [-0.39, 0.29) is 17.9 Å². The number of carbonyl (C=O) groups is 2. The first-order chi connectivity index (χ1) is 5.70. The second kappa shape index (κ2) is 4.06. The number of rotatable bonds is 1. The van der Waals surface area contributed by atoms with Crippen molar-refractivity contribution in [3.63, 3.8) is 0 Å². The smallest absolute Gasteiger partial charge is 0.255 e. The summed E-state index contributed by atoms with van der Waals surface area (Å²) in [5, 5.41) is 3.02. The van der Waals surface area contributed by atoms with E-state index in [1.165, 1.54) is 6.92 Å². The Morgan fingerprint density at radius 2 is 2.17 bits per heavy atom. The average Bonchev–Trinajstić information content (AvgIpc) is 2.51. The number of hydrogen-bond donors (Lipinski definition) is 3. The lowest BCUT2D eigenvalue weighted by atomic mass is 10.2. The zero-order chi connectivity index (χ0) is 8.97. The Bertz CT molecular complexity index is 187. The maximum Gasteiger partial charge on any atom is 0.255 e. The minimum Gasteiger partial charge on any atom is -0.306 e. The summed E-state index contributed by atoms with van der Waals surface area (Å²) in [5.74, 6) is -0.427. The summed E-state index contributed by atoms with van der Waals surface area (Å²) in [5.41, 5.74) is 4.57. The molecule has 1 aliphatic heterocycles. The van der Waals surface area contributed by atoms with E-state index in [9.17, 15) is 9.59 Å². The molecule has 12 heavy (non-hydrogen) atoms. The fourth-order valence-corrected chi connectivity index (χ4v) is 1.15. The lowest BCUT2D eigenvalue weighted by Crippen LogP contribution is -2.48. The number of amides is 2. The monoisotopic (exact) mass is 171 g/mol. The number of hydrazine groups is 1. The van der Waals surface area contributed by atoms with Crippen LogP contribution >= 0.6 is 0 Å². The van der Waals surface area contributed by atoms with Gasteiger partial charge in [0.2, 0.25) is 5.91 Å². The zero-order valence-electron chi connectivity index (χ0n) is 7.02. The Labute approximate surface area is 70.9 Å². The fraction of sp³-hybridized carbons (Fsp3) is 0.714. The van der Waals surface area contributed by atoms with Crippen molar-refractivity contribution in [2.75, 3.05) is 6.54 Å². The Morgan fingerprint density at radius 3 is 2.67 bits per heavy atom. The highest BCUT2D eigenvalue weighted by molar-refractivity contribution is 5.84. The quantitative estimate of drug-likeness (QED) is 0.439. The molecule has 5 nitrogen and oxygen atoms in total. The second-order valence-electron chi connectivity index (χ2n) is 2.82. The highest BCUT2D eigenvalue weighted by Crippen LogP contribution is 2.03. The van der Waals surface area contributed by atoms with Crippen LogP contribution in [0.1, 0.15) is 19.8 Å². The molecule has 68 valence electrons. The molecule has 1 fully saturated rings. The molecule has 0 saturated carbocycles. The van der Waals surface area contributed by atoms with Crippen LogP contribution in [0.4, 0.5) is 0 Å². The molecule has 1 heterocycles. The van der Waals surface area contributed by atoms with Gasteiger partial charge in [-0.2, -0.15) is 0 Å². The molecule has 5 heteroatoms. The summed E-state index contributed by atoms with van der Waals surface area (Å²) in [7, 11) is 0. The first-order valence-electron chi connectivity index (χ1n) is 4.00. The molecule has 1 atom stereocenters. The molecule has 0 spiro atoms. The van der Waals surface area contributed by atoms with Crippen molar-refractivity contribution in [2.45, 2.75) is 25.8 Å². The van der Waals surface area contributed by atoms with E-state index in [2.05, 4.69) is 16.2 Å². The van der Waals surface area contributed by atoms with Crippen LogP contribution in [0.3, 0.4) is 0 Å². The normalized spacial score (nSPS) is 21.9. The van der Waals surface area contributed by atoms with Gasteiger partial charge in [-0.05, 0) is 19.4 Å². The van der Waals surface area contributed by atoms with Crippen LogP contribution in [-0.4, -0.2) is 24.4 Å². The standard InChI is InChI=1S/C7H13N3O2/c1-5(11)9-10-7(12)6-3-2-4-8-6/h6,8H,2-4H2,1H3,(H,9,11)(H,10,12). The fourth-order valence-electron chi connectivity index (χ4n) is 1.15. The van der Waals surface area contributed by atoms with Gasteiger partial charge in [0, 0.05) is 6.92 Å². The third kappa shape index (κ3) is 2.50. The van der Waals surface area contributed by atoms with Crippen LogP contribution in [0.2, 0.25) is 0 Å². The zero-order valence-corrected chi connectivity index (χ0v) is 7.02. The summed E-state index contributed by atoms with van der Waals surface area (Å²) in [6.45, 7) is 2.22. The van der Waals surface area contributed by atoms with E-state index in [1.54, 1.807) is 0 Å². The van der Waals surface area contributed by atoms with E-state index in [4.69, 9.17) is 0 Å². The van der Waals surface area contributed by atoms with Crippen LogP contribution in [0.15, 0.2) is 0 Å². The topological polar surface area (TPSA) is 70.2 Å². The number of carbonyl (C=O) groups excluding carboxylic acids is 2. The largest absolute Gasteiger partial charge is 0.306 e. The Morgan fingerprint density at radius 1 is 1.42 bits per heavy atom. The minimum absolute atomic E-state index is 0.142. The van der Waals surface area contributed by atoms with Gasteiger partial charge in [0.25, 0.3) is 5.91 Å². The van der Waals surface area contributed by atoms with Gasteiger partial charge in [-0.25, -0.2) is 0 Å². The van der Waals surface area contributed by atoms with Crippen LogP contribution in [0, 0.1) is 0 Å². The van der Waals surface area contributed by atoms with Gasteiger partial charge in [0.05, 0.1) is 6.04 Å². The van der Waals surface area contributed by atoms with Gasteiger partial charge >= 0.3 is 0 Å². The molecule has 1 rings (SSSR count). The van der Waals surface area contributed by atoms with Crippen LogP contribution in [0.25, 0.3) is 0 Å². The Hall–Kier alpha value is -1.10. The third-order valence-corrected chi connectivity index (χ3v) is 1.74. The minimum atomic E-state index is -0.263. The van der Waals surface area contributed by atoms with Gasteiger partial charge < -0.3 is 5.32 Å². The van der Waals surface area contributed by atoms with Crippen molar-refractivity contribution < 1.29 is 9.59 Å². The molecule has 2 amide bonds. The molecule has 1 aliphatic rings. The molecule has 3 N–H and O–H groups in total. The number of nitrogens with one attached hydrogen (secondary N) is 3. The number of hydrogen-bond acceptors (Lipinski definition) is 3. The SMILES string of the molecule is CC(=O)NNC(=O)C1CCCN1. The summed E-state index contributed by atoms with van der Waals surface area (Å²) in [4.78, 5) is 21.6. The first-order valence-corrected chi connectivity index (χ1v) is 4.00. The van der Waals surface area contributed by atoms with Gasteiger partial charge in [0.1, 0.15) is 0 Å². The molecular weight excluding hydrogens is 158 g/mol. The molecule has 0 radical (unpaired) electrons. The van der Waals surface area contributed by atoms with Crippen molar-refractivity contribution in [3.8, 4) is 0 Å². The molecular formula is C7H13N3O2. The highest BCUT2D eigenvalue weighted by Gasteiger charge is 2.21. The third-order valence-electron chi connectivity index (χ3n) is 1.74. The van der Waals surface area contributed by atoms with E-state index < -0.39 is 0 Å². The van der Waals surface area contributed by atoms with Crippen LogP contribution in [0.5, 0.6) is 0 Å². The molecule has 0 bridgehead atoms. The average molecular weight is 171 g/mol.